The number of hydrogen-bond donors (Lipinski definition) is 1. The summed E-state index contributed by atoms with van der Waals surface area (Å²) in [6, 6.07) is 8.72. The topological polar surface area (TPSA) is 32.7 Å². The first-order valence-electron chi connectivity index (χ1n) is 6.73. The lowest BCUT2D eigenvalue weighted by Crippen LogP contribution is -2.35. The molecular weight excluding hydrogens is 226 g/mol. The highest BCUT2D eigenvalue weighted by Crippen LogP contribution is 2.30. The molecule has 100 valence electrons. The maximum absolute atomic E-state index is 9.66. The van der Waals surface area contributed by atoms with Gasteiger partial charge >= 0.3 is 0 Å². The minimum Gasteiger partial charge on any atom is -0.497 e. The Bertz CT molecular complexity index is 357. The Labute approximate surface area is 109 Å². The third kappa shape index (κ3) is 2.85. The van der Waals surface area contributed by atoms with Crippen LogP contribution in [0.2, 0.25) is 0 Å². The number of nitrogens with zero attached hydrogens (tertiary/aromatic N) is 1. The quantitative estimate of drug-likeness (QED) is 0.870. The molecule has 1 fully saturated rings. The Balaban J connectivity index is 2.10. The lowest BCUT2D eigenvalue weighted by atomic mass is 10.0. The lowest BCUT2D eigenvalue weighted by molar-refractivity contribution is 0.110. The molecule has 0 spiro atoms. The average Bonchev–Trinajstić information content (AvgIpc) is 2.94. The van der Waals surface area contributed by atoms with Crippen molar-refractivity contribution in [2.75, 3.05) is 20.8 Å². The monoisotopic (exact) mass is 249 g/mol. The van der Waals surface area contributed by atoms with E-state index in [4.69, 9.17) is 4.74 Å². The lowest BCUT2D eigenvalue weighted by Gasteiger charge is -2.32. The Morgan fingerprint density at radius 2 is 1.89 bits per heavy atom. The van der Waals surface area contributed by atoms with E-state index in [0.717, 1.165) is 11.3 Å². The molecular formula is C15H23NO2. The van der Waals surface area contributed by atoms with E-state index < -0.39 is 0 Å². The number of rotatable bonds is 5. The van der Waals surface area contributed by atoms with Crippen LogP contribution in [0.1, 0.15) is 37.3 Å². The summed E-state index contributed by atoms with van der Waals surface area (Å²) in [6.07, 6.45) is 5.14. The predicted molar refractivity (Wildman–Crippen MR) is 72.8 cm³/mol. The number of methoxy groups -OCH3 is 1. The number of aliphatic hydroxyl groups is 1. The molecule has 0 aromatic heterocycles. The Kier molecular flexibility index (Phi) is 4.61. The van der Waals surface area contributed by atoms with Crippen molar-refractivity contribution in [3.8, 4) is 5.75 Å². The number of likely N-dealkylation sites (N-methyl/N-ethyl adjacent to an activating group) is 1. The fourth-order valence-electron chi connectivity index (χ4n) is 2.86. The van der Waals surface area contributed by atoms with Crippen LogP contribution in [0, 0.1) is 0 Å². The van der Waals surface area contributed by atoms with Crippen LogP contribution in [0.4, 0.5) is 0 Å². The van der Waals surface area contributed by atoms with Crippen LogP contribution in [0.25, 0.3) is 0 Å². The molecule has 0 aliphatic heterocycles. The molecule has 3 nitrogen and oxygen atoms in total. The maximum atomic E-state index is 9.66. The largest absolute Gasteiger partial charge is 0.497 e. The van der Waals surface area contributed by atoms with Crippen molar-refractivity contribution in [3.63, 3.8) is 0 Å². The van der Waals surface area contributed by atoms with Gasteiger partial charge < -0.3 is 9.84 Å². The van der Waals surface area contributed by atoms with E-state index in [1.807, 2.05) is 24.3 Å². The zero-order chi connectivity index (χ0) is 13.0. The molecule has 1 aromatic rings. The van der Waals surface area contributed by atoms with E-state index >= 15 is 0 Å². The molecule has 1 unspecified atom stereocenters. The highest BCUT2D eigenvalue weighted by Gasteiger charge is 2.26. The number of hydrogen-bond acceptors (Lipinski definition) is 3. The predicted octanol–water partition coefficient (Wildman–Crippen LogP) is 2.60. The van der Waals surface area contributed by atoms with Crippen LogP contribution in [0.15, 0.2) is 24.3 Å². The third-order valence-corrected chi connectivity index (χ3v) is 4.07. The number of ether oxygens (including phenoxy) is 1. The first-order chi connectivity index (χ1) is 8.76. The van der Waals surface area contributed by atoms with Gasteiger partial charge in [0.1, 0.15) is 5.75 Å². The van der Waals surface area contributed by atoms with E-state index in [0.29, 0.717) is 6.04 Å². The van der Waals surface area contributed by atoms with Crippen molar-refractivity contribution in [2.24, 2.45) is 0 Å². The summed E-state index contributed by atoms with van der Waals surface area (Å²) < 4.78 is 5.17. The van der Waals surface area contributed by atoms with Crippen molar-refractivity contribution < 1.29 is 9.84 Å². The molecule has 1 saturated carbocycles. The summed E-state index contributed by atoms with van der Waals surface area (Å²) in [5, 5.41) is 9.66. The minimum atomic E-state index is 0.0963. The first kappa shape index (κ1) is 13.4. The summed E-state index contributed by atoms with van der Waals surface area (Å²) in [6.45, 7) is 0.166. The fourth-order valence-corrected chi connectivity index (χ4v) is 2.86. The normalized spacial score (nSPS) is 18.2. The molecule has 18 heavy (non-hydrogen) atoms. The van der Waals surface area contributed by atoms with E-state index in [9.17, 15) is 5.11 Å². The SMILES string of the molecule is COc1ccc(C(CO)N(C)C2CCCC2)cc1. The molecule has 0 amide bonds. The second-order valence-corrected chi connectivity index (χ2v) is 5.08. The molecule has 0 heterocycles. The molecule has 1 atom stereocenters. The van der Waals surface area contributed by atoms with Crippen LogP contribution in [-0.2, 0) is 0 Å². The van der Waals surface area contributed by atoms with Crippen LogP contribution in [0.5, 0.6) is 5.75 Å². The Morgan fingerprint density at radius 3 is 2.39 bits per heavy atom. The smallest absolute Gasteiger partial charge is 0.118 e. The molecule has 0 saturated heterocycles. The standard InChI is InChI=1S/C15H23NO2/c1-16(13-5-3-4-6-13)15(11-17)12-7-9-14(18-2)10-8-12/h7-10,13,15,17H,3-6,11H2,1-2H3. The van der Waals surface area contributed by atoms with Crippen molar-refractivity contribution in [3.05, 3.63) is 29.8 Å². The van der Waals surface area contributed by atoms with Crippen molar-refractivity contribution in [2.45, 2.75) is 37.8 Å². The fraction of sp³-hybridized carbons (Fsp3) is 0.600. The summed E-state index contributed by atoms with van der Waals surface area (Å²) in [4.78, 5) is 2.33. The highest BCUT2D eigenvalue weighted by molar-refractivity contribution is 5.29. The Hall–Kier alpha value is -1.06. The van der Waals surface area contributed by atoms with E-state index in [1.54, 1.807) is 7.11 Å². The van der Waals surface area contributed by atoms with Gasteiger partial charge in [-0.25, -0.2) is 0 Å². The molecule has 1 aliphatic rings. The minimum absolute atomic E-state index is 0.0963. The van der Waals surface area contributed by atoms with Crippen molar-refractivity contribution in [1.29, 1.82) is 0 Å². The van der Waals surface area contributed by atoms with Gasteiger partial charge in [-0.05, 0) is 37.6 Å². The molecule has 3 heteroatoms. The maximum Gasteiger partial charge on any atom is 0.118 e. The van der Waals surface area contributed by atoms with Gasteiger partial charge in [-0.3, -0.25) is 4.90 Å². The van der Waals surface area contributed by atoms with Gasteiger partial charge in [-0.15, -0.1) is 0 Å². The molecule has 1 aliphatic carbocycles. The van der Waals surface area contributed by atoms with Crippen LogP contribution < -0.4 is 4.74 Å². The van der Waals surface area contributed by atoms with Gasteiger partial charge in [0.25, 0.3) is 0 Å². The molecule has 2 rings (SSSR count). The van der Waals surface area contributed by atoms with E-state index in [-0.39, 0.29) is 12.6 Å². The average molecular weight is 249 g/mol. The van der Waals surface area contributed by atoms with Crippen LogP contribution >= 0.6 is 0 Å². The summed E-state index contributed by atoms with van der Waals surface area (Å²) in [5.74, 6) is 0.860. The second-order valence-electron chi connectivity index (χ2n) is 5.08. The van der Waals surface area contributed by atoms with Crippen LogP contribution in [-0.4, -0.2) is 36.8 Å². The highest BCUT2D eigenvalue weighted by atomic mass is 16.5. The molecule has 1 N–H and O–H groups in total. The van der Waals surface area contributed by atoms with Crippen molar-refractivity contribution in [1.82, 2.24) is 4.90 Å². The van der Waals surface area contributed by atoms with Gasteiger partial charge in [0.05, 0.1) is 19.8 Å². The molecule has 0 radical (unpaired) electrons. The van der Waals surface area contributed by atoms with Gasteiger partial charge in [-0.1, -0.05) is 25.0 Å². The summed E-state index contributed by atoms with van der Waals surface area (Å²) in [5.41, 5.74) is 1.16. The molecule has 1 aromatic carbocycles. The zero-order valence-electron chi connectivity index (χ0n) is 11.3. The van der Waals surface area contributed by atoms with Crippen molar-refractivity contribution >= 4 is 0 Å². The number of aliphatic hydroxyl groups excluding tert-OH is 1. The second kappa shape index (κ2) is 6.21. The van der Waals surface area contributed by atoms with Gasteiger partial charge in [0, 0.05) is 6.04 Å². The third-order valence-electron chi connectivity index (χ3n) is 4.07. The first-order valence-corrected chi connectivity index (χ1v) is 6.73. The van der Waals surface area contributed by atoms with Gasteiger partial charge in [-0.2, -0.15) is 0 Å². The van der Waals surface area contributed by atoms with Gasteiger partial charge in [0.2, 0.25) is 0 Å². The summed E-state index contributed by atoms with van der Waals surface area (Å²) in [7, 11) is 3.80. The van der Waals surface area contributed by atoms with E-state index in [1.165, 1.54) is 25.7 Å². The van der Waals surface area contributed by atoms with E-state index in [2.05, 4.69) is 11.9 Å². The van der Waals surface area contributed by atoms with Crippen LogP contribution in [0.3, 0.4) is 0 Å². The number of benzene rings is 1. The molecule has 0 bridgehead atoms. The zero-order valence-corrected chi connectivity index (χ0v) is 11.3. The van der Waals surface area contributed by atoms with Gasteiger partial charge in [0.15, 0.2) is 0 Å². The summed E-state index contributed by atoms with van der Waals surface area (Å²) >= 11 is 0. The Morgan fingerprint density at radius 1 is 1.28 bits per heavy atom.